The number of amides is 1. The maximum absolute atomic E-state index is 12.9. The van der Waals surface area contributed by atoms with Crippen LogP contribution in [0.15, 0.2) is 53.3 Å². The molecular weight excluding hydrogens is 422 g/mol. The van der Waals surface area contributed by atoms with E-state index < -0.39 is 0 Å². The van der Waals surface area contributed by atoms with E-state index in [0.29, 0.717) is 17.6 Å². The molecule has 0 saturated carbocycles. The number of carbonyl (C=O) groups excluding carboxylic acids is 1. The van der Waals surface area contributed by atoms with Gasteiger partial charge in [0, 0.05) is 56.5 Å². The topological polar surface area (TPSA) is 103 Å². The number of nitrogens with one attached hydrogen (secondary N) is 1. The number of H-pyrrole nitrogens is 1. The van der Waals surface area contributed by atoms with E-state index in [1.54, 1.807) is 7.11 Å². The number of pyridine rings is 1. The minimum atomic E-state index is -0.250. The van der Waals surface area contributed by atoms with Gasteiger partial charge in [-0.05, 0) is 47.7 Å². The number of carbonyl (C=O) groups is 2. The summed E-state index contributed by atoms with van der Waals surface area (Å²) in [5, 5.41) is 8.53. The fourth-order valence-corrected chi connectivity index (χ4v) is 3.97. The van der Waals surface area contributed by atoms with Gasteiger partial charge in [-0.15, -0.1) is 0 Å². The summed E-state index contributed by atoms with van der Waals surface area (Å²) in [6, 6.07) is 15.2. The Balaban J connectivity index is 0.000000968. The van der Waals surface area contributed by atoms with Gasteiger partial charge in [-0.2, -0.15) is 0 Å². The standard InChI is InChI=1S/C24H27N3O3.CH2O2/c1-17-4-3-5-20-21(17)16-22(25-23(20)28)18-6-8-19(9-7-18)24(29)27-12-10-26(11-13-27)14-15-30-2;2-1-3/h3-9,16H,10-15H2,1-2H3,(H,25,28);1H,(H,2,3). The van der Waals surface area contributed by atoms with Gasteiger partial charge < -0.3 is 19.7 Å². The Morgan fingerprint density at radius 3 is 2.39 bits per heavy atom. The van der Waals surface area contributed by atoms with E-state index in [4.69, 9.17) is 14.6 Å². The molecule has 8 nitrogen and oxygen atoms in total. The largest absolute Gasteiger partial charge is 0.483 e. The summed E-state index contributed by atoms with van der Waals surface area (Å²) >= 11 is 0. The molecule has 0 radical (unpaired) electrons. The summed E-state index contributed by atoms with van der Waals surface area (Å²) in [7, 11) is 1.71. The quantitative estimate of drug-likeness (QED) is 0.578. The molecule has 1 saturated heterocycles. The highest BCUT2D eigenvalue weighted by molar-refractivity contribution is 5.95. The number of aryl methyl sites for hydroxylation is 1. The molecule has 8 heteroatoms. The van der Waals surface area contributed by atoms with E-state index in [1.165, 1.54) is 0 Å². The number of methoxy groups -OCH3 is 1. The zero-order valence-corrected chi connectivity index (χ0v) is 18.9. The first-order valence-corrected chi connectivity index (χ1v) is 10.8. The number of nitrogens with zero attached hydrogens (tertiary/aromatic N) is 2. The fourth-order valence-electron chi connectivity index (χ4n) is 3.97. The van der Waals surface area contributed by atoms with Crippen molar-refractivity contribution in [3.63, 3.8) is 0 Å². The van der Waals surface area contributed by atoms with E-state index in [9.17, 15) is 9.59 Å². The van der Waals surface area contributed by atoms with Gasteiger partial charge in [-0.1, -0.05) is 24.3 Å². The molecule has 0 unspecified atom stereocenters. The molecule has 33 heavy (non-hydrogen) atoms. The lowest BCUT2D eigenvalue weighted by Gasteiger charge is -2.34. The lowest BCUT2D eigenvalue weighted by atomic mass is 10.0. The second-order valence-corrected chi connectivity index (χ2v) is 7.86. The summed E-state index contributed by atoms with van der Waals surface area (Å²) in [6.07, 6.45) is 0. The smallest absolute Gasteiger partial charge is 0.290 e. The van der Waals surface area contributed by atoms with Crippen LogP contribution >= 0.6 is 0 Å². The second kappa shape index (κ2) is 11.4. The summed E-state index contributed by atoms with van der Waals surface area (Å²) in [5.41, 5.74) is 3.28. The van der Waals surface area contributed by atoms with Crippen molar-refractivity contribution in [3.05, 3.63) is 70.0 Å². The van der Waals surface area contributed by atoms with Crippen molar-refractivity contribution in [2.45, 2.75) is 6.92 Å². The van der Waals surface area contributed by atoms with Crippen molar-refractivity contribution in [3.8, 4) is 11.3 Å². The van der Waals surface area contributed by atoms with Gasteiger partial charge in [-0.25, -0.2) is 0 Å². The summed E-state index contributed by atoms with van der Waals surface area (Å²) in [5.74, 6) is 0.0517. The Labute approximate surface area is 192 Å². The van der Waals surface area contributed by atoms with Crippen LogP contribution in [-0.4, -0.2) is 78.7 Å². The summed E-state index contributed by atoms with van der Waals surface area (Å²) < 4.78 is 5.13. The lowest BCUT2D eigenvalue weighted by molar-refractivity contribution is -0.122. The van der Waals surface area contributed by atoms with Crippen LogP contribution in [-0.2, 0) is 9.53 Å². The molecule has 0 aliphatic carbocycles. The Hall–Kier alpha value is -3.49. The highest BCUT2D eigenvalue weighted by Gasteiger charge is 2.22. The number of fused-ring (bicyclic) bond motifs is 1. The number of carboxylic acid groups (broad SMARTS) is 1. The van der Waals surface area contributed by atoms with Crippen molar-refractivity contribution < 1.29 is 19.4 Å². The van der Waals surface area contributed by atoms with E-state index in [2.05, 4.69) is 9.88 Å². The summed E-state index contributed by atoms with van der Waals surface area (Å²) in [4.78, 5) is 40.9. The van der Waals surface area contributed by atoms with Gasteiger partial charge in [-0.3, -0.25) is 19.3 Å². The molecule has 0 atom stereocenters. The average molecular weight is 452 g/mol. The molecule has 1 amide bonds. The van der Waals surface area contributed by atoms with Gasteiger partial charge in [0.2, 0.25) is 0 Å². The van der Waals surface area contributed by atoms with Gasteiger partial charge in [0.15, 0.2) is 0 Å². The van der Waals surface area contributed by atoms with E-state index in [1.807, 2.05) is 60.4 Å². The molecular formula is C25H29N3O5. The van der Waals surface area contributed by atoms with Gasteiger partial charge >= 0.3 is 0 Å². The minimum absolute atomic E-state index is 0.0517. The van der Waals surface area contributed by atoms with E-state index in [0.717, 1.165) is 54.9 Å². The van der Waals surface area contributed by atoms with Crippen molar-refractivity contribution in [2.75, 3.05) is 46.4 Å². The summed E-state index contributed by atoms with van der Waals surface area (Å²) in [6.45, 7) is 6.55. The first-order chi connectivity index (χ1) is 16.0. The highest BCUT2D eigenvalue weighted by atomic mass is 16.5. The number of ether oxygens (including phenoxy) is 1. The lowest BCUT2D eigenvalue weighted by Crippen LogP contribution is -2.49. The molecule has 0 bridgehead atoms. The molecule has 4 rings (SSSR count). The molecule has 2 N–H and O–H groups in total. The molecule has 3 aromatic rings. The van der Waals surface area contributed by atoms with E-state index >= 15 is 0 Å². The Morgan fingerprint density at radius 1 is 1.09 bits per heavy atom. The second-order valence-electron chi connectivity index (χ2n) is 7.86. The molecule has 1 fully saturated rings. The fraction of sp³-hybridized carbons (Fsp3) is 0.320. The predicted octanol–water partition coefficient (Wildman–Crippen LogP) is 2.61. The number of rotatable bonds is 5. The molecule has 1 aromatic heterocycles. The van der Waals surface area contributed by atoms with Crippen molar-refractivity contribution in [2.24, 2.45) is 0 Å². The number of hydrogen-bond donors (Lipinski definition) is 2. The van der Waals surface area contributed by atoms with Crippen LogP contribution in [0.4, 0.5) is 0 Å². The van der Waals surface area contributed by atoms with Crippen LogP contribution in [0.1, 0.15) is 15.9 Å². The van der Waals surface area contributed by atoms with Crippen molar-refractivity contribution >= 4 is 23.2 Å². The normalized spacial score (nSPS) is 13.9. The van der Waals surface area contributed by atoms with Crippen LogP contribution in [0, 0.1) is 6.92 Å². The van der Waals surface area contributed by atoms with Gasteiger partial charge in [0.25, 0.3) is 17.9 Å². The van der Waals surface area contributed by atoms with Crippen LogP contribution in [0.25, 0.3) is 22.0 Å². The van der Waals surface area contributed by atoms with Crippen LogP contribution in [0.5, 0.6) is 0 Å². The zero-order chi connectivity index (χ0) is 23.8. The average Bonchev–Trinajstić information content (AvgIpc) is 2.84. The Morgan fingerprint density at radius 2 is 1.76 bits per heavy atom. The van der Waals surface area contributed by atoms with Crippen LogP contribution < -0.4 is 5.56 Å². The van der Waals surface area contributed by atoms with Crippen molar-refractivity contribution in [1.29, 1.82) is 0 Å². The first kappa shape index (κ1) is 24.2. The molecule has 0 spiro atoms. The monoisotopic (exact) mass is 451 g/mol. The molecule has 1 aliphatic rings. The molecule has 1 aliphatic heterocycles. The number of aromatic nitrogens is 1. The number of hydrogen-bond acceptors (Lipinski definition) is 5. The van der Waals surface area contributed by atoms with E-state index in [-0.39, 0.29) is 17.9 Å². The number of piperazine rings is 1. The maximum atomic E-state index is 12.9. The minimum Gasteiger partial charge on any atom is -0.483 e. The Kier molecular flexibility index (Phi) is 8.34. The van der Waals surface area contributed by atoms with Crippen LogP contribution in [0.2, 0.25) is 0 Å². The number of benzene rings is 2. The Bertz CT molecular complexity index is 1150. The van der Waals surface area contributed by atoms with Crippen molar-refractivity contribution in [1.82, 2.24) is 14.8 Å². The van der Waals surface area contributed by atoms with Gasteiger partial charge in [0.05, 0.1) is 6.61 Å². The number of aromatic amines is 1. The molecule has 2 aromatic carbocycles. The first-order valence-electron chi connectivity index (χ1n) is 10.8. The zero-order valence-electron chi connectivity index (χ0n) is 18.9. The SMILES string of the molecule is COCCN1CCN(C(=O)c2ccc(-c3cc4c(C)cccc4c(=O)[nH]3)cc2)CC1.O=CO. The van der Waals surface area contributed by atoms with Crippen LogP contribution in [0.3, 0.4) is 0 Å². The third-order valence-corrected chi connectivity index (χ3v) is 5.82. The van der Waals surface area contributed by atoms with Gasteiger partial charge in [0.1, 0.15) is 0 Å². The highest BCUT2D eigenvalue weighted by Crippen LogP contribution is 2.23. The predicted molar refractivity (Wildman–Crippen MR) is 128 cm³/mol. The third kappa shape index (κ3) is 5.85. The molecule has 2 heterocycles. The maximum Gasteiger partial charge on any atom is 0.290 e. The molecule has 174 valence electrons. The third-order valence-electron chi connectivity index (χ3n) is 5.82.